The van der Waals surface area contributed by atoms with Crippen LogP contribution in [-0.2, 0) is 11.2 Å². The molecule has 3 N–H and O–H groups in total. The average molecular weight is 266 g/mol. The molecule has 5 heteroatoms. The fraction of sp³-hybridized carbons (Fsp3) is 0.500. The van der Waals surface area contributed by atoms with E-state index in [1.54, 1.807) is 26.4 Å². The summed E-state index contributed by atoms with van der Waals surface area (Å²) in [5.74, 6) is 1.26. The molecule has 0 atom stereocenters. The molecule has 0 aromatic heterocycles. The Hall–Kier alpha value is -1.75. The van der Waals surface area contributed by atoms with Crippen molar-refractivity contribution in [2.24, 2.45) is 5.73 Å². The molecule has 0 saturated heterocycles. The van der Waals surface area contributed by atoms with E-state index in [1.165, 1.54) is 0 Å². The van der Waals surface area contributed by atoms with Gasteiger partial charge >= 0.3 is 0 Å². The second-order valence-electron chi connectivity index (χ2n) is 5.12. The van der Waals surface area contributed by atoms with Gasteiger partial charge in [0.15, 0.2) is 0 Å². The van der Waals surface area contributed by atoms with Gasteiger partial charge in [-0.25, -0.2) is 0 Å². The van der Waals surface area contributed by atoms with E-state index in [1.807, 2.05) is 19.9 Å². The van der Waals surface area contributed by atoms with E-state index in [0.29, 0.717) is 18.0 Å². The second-order valence-corrected chi connectivity index (χ2v) is 5.12. The molecule has 0 aliphatic rings. The first kappa shape index (κ1) is 15.3. The monoisotopic (exact) mass is 266 g/mol. The molecule has 19 heavy (non-hydrogen) atoms. The highest BCUT2D eigenvalue weighted by Crippen LogP contribution is 2.24. The van der Waals surface area contributed by atoms with Crippen molar-refractivity contribution in [1.29, 1.82) is 0 Å². The van der Waals surface area contributed by atoms with Crippen molar-refractivity contribution < 1.29 is 14.3 Å². The van der Waals surface area contributed by atoms with Crippen LogP contribution < -0.4 is 20.5 Å². The maximum atomic E-state index is 11.8. The van der Waals surface area contributed by atoms with Crippen molar-refractivity contribution in [1.82, 2.24) is 5.32 Å². The van der Waals surface area contributed by atoms with Crippen molar-refractivity contribution in [3.8, 4) is 11.5 Å². The topological polar surface area (TPSA) is 73.6 Å². The number of benzene rings is 1. The zero-order chi connectivity index (χ0) is 14.5. The molecule has 106 valence electrons. The summed E-state index contributed by atoms with van der Waals surface area (Å²) in [6, 6.07) is 5.39. The Morgan fingerprint density at radius 2 is 2.00 bits per heavy atom. The summed E-state index contributed by atoms with van der Waals surface area (Å²) < 4.78 is 10.4. The van der Waals surface area contributed by atoms with Crippen molar-refractivity contribution in [2.75, 3.05) is 20.8 Å². The van der Waals surface area contributed by atoms with Crippen molar-refractivity contribution in [3.63, 3.8) is 0 Å². The zero-order valence-electron chi connectivity index (χ0n) is 11.9. The van der Waals surface area contributed by atoms with Gasteiger partial charge in [-0.1, -0.05) is 6.07 Å². The third kappa shape index (κ3) is 5.18. The van der Waals surface area contributed by atoms with Crippen LogP contribution in [0, 0.1) is 0 Å². The maximum Gasteiger partial charge on any atom is 0.224 e. The quantitative estimate of drug-likeness (QED) is 0.808. The summed E-state index contributed by atoms with van der Waals surface area (Å²) >= 11 is 0. The van der Waals surface area contributed by atoms with Crippen LogP contribution in [0.25, 0.3) is 0 Å². The summed E-state index contributed by atoms with van der Waals surface area (Å²) in [6.45, 7) is 4.16. The molecule has 0 aliphatic heterocycles. The minimum Gasteiger partial charge on any atom is -0.497 e. The first-order chi connectivity index (χ1) is 8.85. The largest absolute Gasteiger partial charge is 0.497 e. The van der Waals surface area contributed by atoms with Gasteiger partial charge in [-0.15, -0.1) is 0 Å². The highest BCUT2D eigenvalue weighted by atomic mass is 16.5. The van der Waals surface area contributed by atoms with Crippen LogP contribution in [0.3, 0.4) is 0 Å². The Kier molecular flexibility index (Phi) is 5.18. The molecule has 0 heterocycles. The smallest absolute Gasteiger partial charge is 0.224 e. The lowest BCUT2D eigenvalue weighted by molar-refractivity contribution is -0.120. The molecule has 1 rings (SSSR count). The van der Waals surface area contributed by atoms with Gasteiger partial charge in [-0.3, -0.25) is 4.79 Å². The van der Waals surface area contributed by atoms with Crippen LogP contribution in [0.5, 0.6) is 11.5 Å². The molecule has 0 saturated carbocycles. The maximum absolute atomic E-state index is 11.8. The second kappa shape index (κ2) is 6.43. The Balaban J connectivity index is 2.68. The lowest BCUT2D eigenvalue weighted by atomic mass is 10.1. The van der Waals surface area contributed by atoms with E-state index in [-0.39, 0.29) is 12.3 Å². The van der Waals surface area contributed by atoms with Crippen molar-refractivity contribution in [3.05, 3.63) is 23.8 Å². The zero-order valence-corrected chi connectivity index (χ0v) is 11.9. The molecule has 1 aromatic rings. The summed E-state index contributed by atoms with van der Waals surface area (Å²) in [5, 5.41) is 2.80. The minimum atomic E-state index is -0.417. The number of ether oxygens (including phenoxy) is 2. The normalized spacial score (nSPS) is 11.0. The number of hydrogen-bond acceptors (Lipinski definition) is 4. The number of carbonyl (C=O) groups is 1. The van der Waals surface area contributed by atoms with Crippen LogP contribution >= 0.6 is 0 Å². The molecular formula is C14H22N2O3. The van der Waals surface area contributed by atoms with Crippen LogP contribution in [-0.4, -0.2) is 32.2 Å². The third-order valence-corrected chi connectivity index (χ3v) is 2.59. The van der Waals surface area contributed by atoms with Crippen LogP contribution in [0.15, 0.2) is 18.2 Å². The first-order valence-electron chi connectivity index (χ1n) is 6.12. The predicted molar refractivity (Wildman–Crippen MR) is 74.5 cm³/mol. The van der Waals surface area contributed by atoms with Gasteiger partial charge in [0.25, 0.3) is 0 Å². The summed E-state index contributed by atoms with van der Waals surface area (Å²) in [4.78, 5) is 11.8. The Morgan fingerprint density at radius 3 is 2.53 bits per heavy atom. The van der Waals surface area contributed by atoms with Crippen LogP contribution in [0.1, 0.15) is 19.4 Å². The Morgan fingerprint density at radius 1 is 1.32 bits per heavy atom. The summed E-state index contributed by atoms with van der Waals surface area (Å²) in [5.41, 5.74) is 6.21. The average Bonchev–Trinajstić information content (AvgIpc) is 2.36. The molecular weight excluding hydrogens is 244 g/mol. The molecule has 1 amide bonds. The third-order valence-electron chi connectivity index (χ3n) is 2.59. The van der Waals surface area contributed by atoms with Gasteiger partial charge in [-0.05, 0) is 19.9 Å². The molecule has 0 spiro atoms. The van der Waals surface area contributed by atoms with Crippen LogP contribution in [0.4, 0.5) is 0 Å². The highest BCUT2D eigenvalue weighted by molar-refractivity contribution is 5.79. The van der Waals surface area contributed by atoms with E-state index < -0.39 is 5.54 Å². The highest BCUT2D eigenvalue weighted by Gasteiger charge is 2.14. The van der Waals surface area contributed by atoms with Crippen molar-refractivity contribution in [2.45, 2.75) is 25.8 Å². The molecule has 0 radical (unpaired) electrons. The lowest BCUT2D eigenvalue weighted by Gasteiger charge is -2.19. The Bertz CT molecular complexity index is 439. The predicted octanol–water partition coefficient (Wildman–Crippen LogP) is 1.10. The van der Waals surface area contributed by atoms with E-state index in [9.17, 15) is 4.79 Å². The number of methoxy groups -OCH3 is 2. The van der Waals surface area contributed by atoms with Crippen LogP contribution in [0.2, 0.25) is 0 Å². The molecule has 0 unspecified atom stereocenters. The lowest BCUT2D eigenvalue weighted by Crippen LogP contribution is -2.45. The fourth-order valence-corrected chi connectivity index (χ4v) is 1.56. The number of rotatable bonds is 6. The van der Waals surface area contributed by atoms with Crippen molar-refractivity contribution >= 4 is 5.91 Å². The molecule has 0 bridgehead atoms. The van der Waals surface area contributed by atoms with Gasteiger partial charge in [0.05, 0.1) is 20.6 Å². The first-order valence-corrected chi connectivity index (χ1v) is 6.12. The number of carbonyl (C=O) groups excluding carboxylic acids is 1. The van der Waals surface area contributed by atoms with Gasteiger partial charge in [0.2, 0.25) is 5.91 Å². The number of hydrogen-bond donors (Lipinski definition) is 2. The SMILES string of the molecule is COc1ccc(CC(=O)NCC(C)(C)N)c(OC)c1. The fourth-order valence-electron chi connectivity index (χ4n) is 1.56. The molecule has 5 nitrogen and oxygen atoms in total. The number of nitrogens with two attached hydrogens (primary N) is 1. The van der Waals surface area contributed by atoms with E-state index in [0.717, 1.165) is 5.56 Å². The minimum absolute atomic E-state index is 0.0815. The van der Waals surface area contributed by atoms with Gasteiger partial charge in [0, 0.05) is 23.7 Å². The molecule has 1 aromatic carbocycles. The molecule has 0 aliphatic carbocycles. The summed E-state index contributed by atoms with van der Waals surface area (Å²) in [6.07, 6.45) is 0.253. The standard InChI is InChI=1S/C14H22N2O3/c1-14(2,15)9-16-13(17)7-10-5-6-11(18-3)8-12(10)19-4/h5-6,8H,7,9,15H2,1-4H3,(H,16,17). The van der Waals surface area contributed by atoms with Gasteiger partial charge in [-0.2, -0.15) is 0 Å². The van der Waals surface area contributed by atoms with Gasteiger partial charge < -0.3 is 20.5 Å². The summed E-state index contributed by atoms with van der Waals surface area (Å²) in [7, 11) is 3.16. The van der Waals surface area contributed by atoms with E-state index in [2.05, 4.69) is 5.32 Å². The number of amides is 1. The Labute approximate surface area is 114 Å². The molecule has 0 fully saturated rings. The van der Waals surface area contributed by atoms with E-state index >= 15 is 0 Å². The van der Waals surface area contributed by atoms with Gasteiger partial charge in [0.1, 0.15) is 11.5 Å². The number of nitrogens with one attached hydrogen (secondary N) is 1. The van der Waals surface area contributed by atoms with E-state index in [4.69, 9.17) is 15.2 Å².